The minimum Gasteiger partial charge on any atom is -0.309 e. The fourth-order valence-corrected chi connectivity index (χ4v) is 9.83. The molecule has 3 aromatic heterocycles. The third kappa shape index (κ3) is 7.03. The fourth-order valence-electron chi connectivity index (χ4n) is 9.83. The van der Waals surface area contributed by atoms with Crippen molar-refractivity contribution < 1.29 is 0 Å². The lowest BCUT2D eigenvalue weighted by molar-refractivity contribution is 0.591. The van der Waals surface area contributed by atoms with E-state index in [0.29, 0.717) is 12.2 Å². The number of hydrogen-bond acceptors (Lipinski definition) is 2. The molecule has 3 heterocycles. The van der Waals surface area contributed by atoms with Gasteiger partial charge in [-0.05, 0) is 83.1 Å². The summed E-state index contributed by atoms with van der Waals surface area (Å²) < 4.78 is 4.94. The van der Waals surface area contributed by atoms with Crippen molar-refractivity contribution >= 4 is 43.6 Å². The zero-order valence-electron chi connectivity index (χ0n) is 37.6. The van der Waals surface area contributed by atoms with Crippen LogP contribution in [0.3, 0.4) is 0 Å². The first kappa shape index (κ1) is 40.7. The molecule has 0 fully saturated rings. The first-order chi connectivity index (χ1) is 32.3. The molecular formula is C62H50N4. The molecule has 0 radical (unpaired) electrons. The summed E-state index contributed by atoms with van der Waals surface area (Å²) in [4.78, 5) is 10.7. The van der Waals surface area contributed by atoms with Crippen LogP contribution in [0.4, 0.5) is 0 Å². The van der Waals surface area contributed by atoms with Crippen LogP contribution in [-0.2, 0) is 5.41 Å². The van der Waals surface area contributed by atoms with Crippen molar-refractivity contribution in [1.82, 2.24) is 19.1 Å². The molecule has 0 aliphatic heterocycles. The summed E-state index contributed by atoms with van der Waals surface area (Å²) in [7, 11) is 0. The lowest BCUT2D eigenvalue weighted by Crippen LogP contribution is -2.11. The van der Waals surface area contributed by atoms with Gasteiger partial charge in [-0.1, -0.05) is 172 Å². The van der Waals surface area contributed by atoms with E-state index in [1.165, 1.54) is 38.1 Å². The van der Waals surface area contributed by atoms with Gasteiger partial charge >= 0.3 is 0 Å². The normalized spacial score (nSPS) is 12.3. The van der Waals surface area contributed by atoms with Crippen LogP contribution >= 0.6 is 0 Å². The summed E-state index contributed by atoms with van der Waals surface area (Å²) in [5.74, 6) is 0.583. The maximum absolute atomic E-state index is 5.35. The number of hydrogen-bond donors (Lipinski definition) is 0. The Balaban J connectivity index is 1.26. The molecule has 0 bridgehead atoms. The molecule has 66 heavy (non-hydrogen) atoms. The molecule has 4 heteroatoms. The van der Waals surface area contributed by atoms with E-state index in [1.54, 1.807) is 0 Å². The Labute approximate surface area is 386 Å². The maximum atomic E-state index is 5.35. The predicted octanol–water partition coefficient (Wildman–Crippen LogP) is 16.5. The number of para-hydroxylation sites is 2. The van der Waals surface area contributed by atoms with Gasteiger partial charge in [-0.25, -0.2) is 9.97 Å². The largest absolute Gasteiger partial charge is 0.309 e. The lowest BCUT2D eigenvalue weighted by Gasteiger charge is -2.24. The molecule has 1 atom stereocenters. The summed E-state index contributed by atoms with van der Waals surface area (Å²) >= 11 is 0. The van der Waals surface area contributed by atoms with Gasteiger partial charge in [0.1, 0.15) is 0 Å². The highest BCUT2D eigenvalue weighted by Crippen LogP contribution is 2.45. The second-order valence-electron chi connectivity index (χ2n) is 18.3. The molecule has 8 aromatic carbocycles. The van der Waals surface area contributed by atoms with Gasteiger partial charge in [-0.15, -0.1) is 13.2 Å². The highest BCUT2D eigenvalue weighted by Gasteiger charge is 2.26. The van der Waals surface area contributed by atoms with E-state index >= 15 is 0 Å². The Bertz CT molecular complexity index is 3510. The van der Waals surface area contributed by atoms with Crippen molar-refractivity contribution in [2.24, 2.45) is 0 Å². The van der Waals surface area contributed by atoms with Crippen LogP contribution in [0.15, 0.2) is 219 Å². The number of rotatable bonds is 10. The van der Waals surface area contributed by atoms with Gasteiger partial charge in [0.25, 0.3) is 0 Å². The topological polar surface area (TPSA) is 35.6 Å². The van der Waals surface area contributed by atoms with Gasteiger partial charge in [0.05, 0.1) is 39.1 Å². The molecule has 318 valence electrons. The average Bonchev–Trinajstić information content (AvgIpc) is 3.87. The van der Waals surface area contributed by atoms with E-state index in [2.05, 4.69) is 231 Å². The minimum atomic E-state index is -0.0762. The van der Waals surface area contributed by atoms with Gasteiger partial charge in [-0.3, -0.25) is 0 Å². The highest BCUT2D eigenvalue weighted by atomic mass is 15.0. The third-order valence-electron chi connectivity index (χ3n) is 13.1. The van der Waals surface area contributed by atoms with Crippen molar-refractivity contribution in [3.63, 3.8) is 0 Å². The summed E-state index contributed by atoms with van der Waals surface area (Å²) in [6.07, 6.45) is 4.78. The van der Waals surface area contributed by atoms with Crippen LogP contribution in [0.1, 0.15) is 44.2 Å². The number of allylic oxidation sites excluding steroid dienone is 2. The van der Waals surface area contributed by atoms with Crippen molar-refractivity contribution in [2.45, 2.75) is 38.5 Å². The first-order valence-electron chi connectivity index (χ1n) is 22.8. The summed E-state index contributed by atoms with van der Waals surface area (Å²) in [6.45, 7) is 15.6. The molecule has 0 saturated carbocycles. The first-order valence-corrected chi connectivity index (χ1v) is 22.8. The van der Waals surface area contributed by atoms with E-state index in [1.807, 2.05) is 18.2 Å². The SMILES string of the molecule is C=CCC(C=C)c1cc(-c2nc(-c3ccccc3)cc(-c3ccccc3)n2)cc(-c2ccccc2)c1-n1c2ccc(C(C)(C)C)cc2c2ccc(-n3c4ccccc4c4ccccc43)cc21. The number of aromatic nitrogens is 4. The molecule has 0 saturated heterocycles. The Hall–Kier alpha value is -8.08. The van der Waals surface area contributed by atoms with Crippen molar-refractivity contribution in [1.29, 1.82) is 0 Å². The lowest BCUT2D eigenvalue weighted by atomic mass is 9.86. The zero-order chi connectivity index (χ0) is 44.9. The predicted molar refractivity (Wildman–Crippen MR) is 279 cm³/mol. The van der Waals surface area contributed by atoms with E-state index < -0.39 is 0 Å². The van der Waals surface area contributed by atoms with Crippen LogP contribution in [0.2, 0.25) is 0 Å². The van der Waals surface area contributed by atoms with Crippen LogP contribution in [0.25, 0.3) is 100 Å². The van der Waals surface area contributed by atoms with Gasteiger partial charge in [0.2, 0.25) is 0 Å². The molecular weight excluding hydrogens is 801 g/mol. The molecule has 11 rings (SSSR count). The summed E-state index contributed by atoms with van der Waals surface area (Å²) in [6, 6.07) is 69.8. The monoisotopic (exact) mass is 850 g/mol. The standard InChI is InChI=1S/C62H50N4/c1-6-21-41(7-2)51-36-45(61-63-54(43-24-13-9-14-25-43)40-55(64-61)44-26-15-10-16-27-44)37-52(42-22-11-8-12-23-42)60(51)66-58-35-32-46(62(3,4)5)38-53(58)50-34-33-47(39-59(50)66)65-56-30-19-17-28-48(56)49-29-18-20-31-57(49)65/h6-20,22-41H,1-2,21H2,3-5H3. The van der Waals surface area contributed by atoms with Gasteiger partial charge < -0.3 is 9.13 Å². The van der Waals surface area contributed by atoms with Gasteiger partial charge in [-0.2, -0.15) is 0 Å². The van der Waals surface area contributed by atoms with E-state index in [-0.39, 0.29) is 11.3 Å². The fraction of sp³-hybridized carbons (Fsp3) is 0.0968. The third-order valence-corrected chi connectivity index (χ3v) is 13.1. The summed E-state index contributed by atoms with van der Waals surface area (Å²) in [5.41, 5.74) is 16.1. The molecule has 1 unspecified atom stereocenters. The van der Waals surface area contributed by atoms with Crippen LogP contribution in [0, 0.1) is 0 Å². The highest BCUT2D eigenvalue weighted by molar-refractivity contribution is 6.12. The van der Waals surface area contributed by atoms with Crippen LogP contribution in [0.5, 0.6) is 0 Å². The Kier molecular flexibility index (Phi) is 10.2. The number of benzene rings is 8. The number of nitrogens with zero attached hydrogens (tertiary/aromatic N) is 4. The zero-order valence-corrected chi connectivity index (χ0v) is 37.6. The second-order valence-corrected chi connectivity index (χ2v) is 18.3. The molecule has 0 aliphatic carbocycles. The van der Waals surface area contributed by atoms with Crippen LogP contribution in [-0.4, -0.2) is 19.1 Å². The van der Waals surface area contributed by atoms with E-state index in [0.717, 1.165) is 67.2 Å². The average molecular weight is 851 g/mol. The van der Waals surface area contributed by atoms with E-state index in [4.69, 9.17) is 9.97 Å². The smallest absolute Gasteiger partial charge is 0.160 e. The van der Waals surface area contributed by atoms with Gasteiger partial charge in [0, 0.05) is 55.4 Å². The van der Waals surface area contributed by atoms with Gasteiger partial charge in [0.15, 0.2) is 5.82 Å². The molecule has 11 aromatic rings. The van der Waals surface area contributed by atoms with Crippen molar-refractivity contribution in [2.75, 3.05) is 0 Å². The van der Waals surface area contributed by atoms with Crippen molar-refractivity contribution in [3.8, 4) is 56.4 Å². The molecule has 0 aliphatic rings. The maximum Gasteiger partial charge on any atom is 0.160 e. The second kappa shape index (κ2) is 16.5. The Morgan fingerprint density at radius 2 is 1.03 bits per heavy atom. The van der Waals surface area contributed by atoms with Crippen molar-refractivity contribution in [3.05, 3.63) is 231 Å². The molecule has 0 spiro atoms. The summed E-state index contributed by atoms with van der Waals surface area (Å²) in [5, 5.41) is 4.88. The Morgan fingerprint density at radius 1 is 0.485 bits per heavy atom. The van der Waals surface area contributed by atoms with Crippen LogP contribution < -0.4 is 0 Å². The Morgan fingerprint density at radius 3 is 1.61 bits per heavy atom. The number of fused-ring (bicyclic) bond motifs is 6. The minimum absolute atomic E-state index is 0.0433. The molecule has 0 amide bonds. The molecule has 0 N–H and O–H groups in total. The van der Waals surface area contributed by atoms with E-state index in [9.17, 15) is 0 Å². The quantitative estimate of drug-likeness (QED) is 0.129. The molecule has 4 nitrogen and oxygen atoms in total.